The number of hydrogen-bond acceptors (Lipinski definition) is 9. The van der Waals surface area contributed by atoms with Gasteiger partial charge in [-0.15, -0.1) is 0 Å². The summed E-state index contributed by atoms with van der Waals surface area (Å²) in [4.78, 5) is 85.8. The number of aliphatic carboxylic acids is 2. The van der Waals surface area contributed by atoms with Crippen molar-refractivity contribution >= 4 is 64.7 Å². The van der Waals surface area contributed by atoms with E-state index in [0.717, 1.165) is 4.90 Å². The van der Waals surface area contributed by atoms with E-state index < -0.39 is 60.2 Å². The van der Waals surface area contributed by atoms with E-state index in [2.05, 4.69) is 16.0 Å². The molecule has 2 atom stereocenters. The van der Waals surface area contributed by atoms with E-state index in [0.29, 0.717) is 30.6 Å². The number of para-hydroxylation sites is 1. The van der Waals surface area contributed by atoms with Crippen molar-refractivity contribution in [1.82, 2.24) is 16.0 Å². The number of carboxylic acids is 3. The number of rotatable bonds is 19. The standard InChI is InChI=1S/C32H40N4O11S/c1-19(38)34-24(28(40)33-14-6-5-9-27(39)35-23(31(44)45)13-16-48-2)18-20-10-11-25(21(17-20)12-15-37)36(29(41)32(46)47)26-8-4-3-7-22(26)30(42)43/h3-4,7-8,10-11,17,23-24,37H,5-6,9,12-16,18H2,1-2H3,(H,33,40)(H,34,38)(H,35,39)(H,42,43)(H,44,45)(H,46,47)/t23-,24-/m0/s1. The molecular formula is C32H40N4O11S. The van der Waals surface area contributed by atoms with Gasteiger partial charge >= 0.3 is 23.8 Å². The highest BCUT2D eigenvalue weighted by atomic mass is 32.2. The summed E-state index contributed by atoms with van der Waals surface area (Å²) in [6.45, 7) is 0.994. The summed E-state index contributed by atoms with van der Waals surface area (Å²) in [5, 5.41) is 46.0. The fourth-order valence-corrected chi connectivity index (χ4v) is 5.27. The average molecular weight is 689 g/mol. The highest BCUT2D eigenvalue weighted by Gasteiger charge is 2.30. The maximum absolute atomic E-state index is 13.1. The first kappa shape index (κ1) is 39.2. The molecule has 2 rings (SSSR count). The Bertz CT molecular complexity index is 1500. The Hall–Kier alpha value is -4.96. The zero-order valence-electron chi connectivity index (χ0n) is 26.6. The lowest BCUT2D eigenvalue weighted by atomic mass is 9.98. The topological polar surface area (TPSA) is 240 Å². The third kappa shape index (κ3) is 12.0. The Morgan fingerprint density at radius 3 is 2.21 bits per heavy atom. The number of carboxylic acid groups (broad SMARTS) is 3. The zero-order valence-corrected chi connectivity index (χ0v) is 27.4. The van der Waals surface area contributed by atoms with Crippen LogP contribution in [0, 0.1) is 0 Å². The van der Waals surface area contributed by atoms with Gasteiger partial charge < -0.3 is 36.4 Å². The van der Waals surface area contributed by atoms with Crippen molar-refractivity contribution in [2.24, 2.45) is 0 Å². The van der Waals surface area contributed by atoms with Crippen molar-refractivity contribution < 1.29 is 54.0 Å². The molecule has 0 radical (unpaired) electrons. The maximum Gasteiger partial charge on any atom is 0.395 e. The molecule has 48 heavy (non-hydrogen) atoms. The lowest BCUT2D eigenvalue weighted by molar-refractivity contribution is -0.148. The van der Waals surface area contributed by atoms with E-state index in [4.69, 9.17) is 0 Å². The predicted molar refractivity (Wildman–Crippen MR) is 176 cm³/mol. The van der Waals surface area contributed by atoms with Gasteiger partial charge in [-0.25, -0.2) is 14.4 Å². The Labute approximate surface area is 281 Å². The molecule has 0 bridgehead atoms. The molecule has 0 unspecified atom stereocenters. The molecule has 0 heterocycles. The van der Waals surface area contributed by atoms with E-state index >= 15 is 0 Å². The second-order valence-electron chi connectivity index (χ2n) is 10.6. The van der Waals surface area contributed by atoms with Gasteiger partial charge in [-0.1, -0.05) is 24.3 Å². The molecule has 0 aliphatic carbocycles. The molecule has 0 saturated carbocycles. The van der Waals surface area contributed by atoms with Gasteiger partial charge in [0.2, 0.25) is 17.7 Å². The second-order valence-corrected chi connectivity index (χ2v) is 11.6. The molecule has 15 nitrogen and oxygen atoms in total. The number of thioether (sulfide) groups is 1. The summed E-state index contributed by atoms with van der Waals surface area (Å²) < 4.78 is 0. The highest BCUT2D eigenvalue weighted by Crippen LogP contribution is 2.33. The minimum Gasteiger partial charge on any atom is -0.480 e. The van der Waals surface area contributed by atoms with Crippen molar-refractivity contribution in [2.45, 2.75) is 57.5 Å². The molecular weight excluding hydrogens is 648 g/mol. The number of nitrogens with one attached hydrogen (secondary N) is 3. The van der Waals surface area contributed by atoms with Gasteiger partial charge in [-0.05, 0) is 67.0 Å². The molecule has 260 valence electrons. The van der Waals surface area contributed by atoms with E-state index in [9.17, 15) is 54.0 Å². The largest absolute Gasteiger partial charge is 0.480 e. The number of anilines is 2. The third-order valence-electron chi connectivity index (χ3n) is 7.03. The van der Waals surface area contributed by atoms with E-state index in [1.54, 1.807) is 0 Å². The smallest absolute Gasteiger partial charge is 0.395 e. The summed E-state index contributed by atoms with van der Waals surface area (Å²) in [6.07, 6.45) is 2.87. The van der Waals surface area contributed by atoms with Crippen LogP contribution in [0.4, 0.5) is 11.4 Å². The fourth-order valence-electron chi connectivity index (χ4n) is 4.79. The van der Waals surface area contributed by atoms with Crippen molar-refractivity contribution in [3.63, 3.8) is 0 Å². The van der Waals surface area contributed by atoms with E-state index in [-0.39, 0.29) is 48.3 Å². The molecule has 0 aliphatic heterocycles. The molecule has 0 fully saturated rings. The summed E-state index contributed by atoms with van der Waals surface area (Å²) in [6, 6.07) is 7.74. The van der Waals surface area contributed by atoms with Crippen LogP contribution in [0.2, 0.25) is 0 Å². The number of hydrogen-bond donors (Lipinski definition) is 7. The first-order valence-electron chi connectivity index (χ1n) is 15.0. The number of carbonyl (C=O) groups is 7. The monoisotopic (exact) mass is 688 g/mol. The lowest BCUT2D eigenvalue weighted by Crippen LogP contribution is -2.47. The van der Waals surface area contributed by atoms with Crippen LogP contribution in [-0.2, 0) is 41.6 Å². The molecule has 16 heteroatoms. The van der Waals surface area contributed by atoms with Crippen molar-refractivity contribution in [3.05, 3.63) is 59.2 Å². The minimum absolute atomic E-state index is 0.0115. The molecule has 4 amide bonds. The molecule has 0 saturated heterocycles. The quantitative estimate of drug-likeness (QED) is 0.0817. The molecule has 2 aromatic rings. The number of unbranched alkanes of at least 4 members (excludes halogenated alkanes) is 1. The van der Waals surface area contributed by atoms with Crippen LogP contribution in [0.3, 0.4) is 0 Å². The van der Waals surface area contributed by atoms with Crippen LogP contribution < -0.4 is 20.9 Å². The first-order chi connectivity index (χ1) is 22.8. The number of aliphatic hydroxyl groups excluding tert-OH is 1. The molecule has 0 aromatic heterocycles. The van der Waals surface area contributed by atoms with Crippen LogP contribution >= 0.6 is 11.8 Å². The summed E-state index contributed by atoms with van der Waals surface area (Å²) in [5.41, 5.74) is 0.247. The predicted octanol–water partition coefficient (Wildman–Crippen LogP) is 1.33. The van der Waals surface area contributed by atoms with Crippen LogP contribution in [0.15, 0.2) is 42.5 Å². The first-order valence-corrected chi connectivity index (χ1v) is 16.4. The normalized spacial score (nSPS) is 11.9. The average Bonchev–Trinajstić information content (AvgIpc) is 3.03. The SMILES string of the molecule is CSCC[C@H](NC(=O)CCCCNC(=O)[C@H](Cc1ccc(N(C(=O)C(=O)O)c2ccccc2C(=O)O)c(CCO)c1)NC(C)=O)C(=O)O. The van der Waals surface area contributed by atoms with Crippen LogP contribution in [-0.4, -0.2) is 99.2 Å². The van der Waals surface area contributed by atoms with Crippen LogP contribution in [0.1, 0.15) is 54.1 Å². The Morgan fingerprint density at radius 2 is 1.60 bits per heavy atom. The maximum atomic E-state index is 13.1. The molecule has 2 aromatic carbocycles. The van der Waals surface area contributed by atoms with E-state index in [1.165, 1.54) is 61.2 Å². The lowest BCUT2D eigenvalue weighted by Gasteiger charge is -2.26. The molecule has 7 N–H and O–H groups in total. The number of aliphatic hydroxyl groups is 1. The summed E-state index contributed by atoms with van der Waals surface area (Å²) >= 11 is 1.47. The Morgan fingerprint density at radius 1 is 0.896 bits per heavy atom. The number of aromatic carboxylic acids is 1. The summed E-state index contributed by atoms with van der Waals surface area (Å²) in [5.74, 6) is -6.62. The van der Waals surface area contributed by atoms with Crippen molar-refractivity contribution in [3.8, 4) is 0 Å². The Balaban J connectivity index is 2.20. The fraction of sp³-hybridized carbons (Fsp3) is 0.406. The van der Waals surface area contributed by atoms with Gasteiger partial charge in [0.15, 0.2) is 0 Å². The van der Waals surface area contributed by atoms with Gasteiger partial charge in [0.1, 0.15) is 12.1 Å². The number of amides is 4. The van der Waals surface area contributed by atoms with Gasteiger partial charge in [0, 0.05) is 32.9 Å². The van der Waals surface area contributed by atoms with Gasteiger partial charge in [-0.3, -0.25) is 24.1 Å². The number of benzene rings is 2. The van der Waals surface area contributed by atoms with E-state index in [1.807, 2.05) is 6.26 Å². The number of nitrogens with zero attached hydrogens (tertiary/aromatic N) is 1. The Kier molecular flexibility index (Phi) is 16.0. The van der Waals surface area contributed by atoms with Gasteiger partial charge in [-0.2, -0.15) is 11.8 Å². The van der Waals surface area contributed by atoms with Crippen LogP contribution in [0.5, 0.6) is 0 Å². The van der Waals surface area contributed by atoms with Gasteiger partial charge in [0.05, 0.1) is 16.9 Å². The second kappa shape index (κ2) is 19.6. The third-order valence-corrected chi connectivity index (χ3v) is 7.68. The minimum atomic E-state index is -1.84. The van der Waals surface area contributed by atoms with Crippen molar-refractivity contribution in [2.75, 3.05) is 30.1 Å². The van der Waals surface area contributed by atoms with Crippen LogP contribution in [0.25, 0.3) is 0 Å². The molecule has 0 aliphatic rings. The van der Waals surface area contributed by atoms with Gasteiger partial charge in [0.25, 0.3) is 0 Å². The number of carbonyl (C=O) groups excluding carboxylic acids is 4. The van der Waals surface area contributed by atoms with Crippen molar-refractivity contribution in [1.29, 1.82) is 0 Å². The molecule has 0 spiro atoms. The zero-order chi connectivity index (χ0) is 35.8. The summed E-state index contributed by atoms with van der Waals surface area (Å²) in [7, 11) is 0. The highest BCUT2D eigenvalue weighted by molar-refractivity contribution is 7.98.